The van der Waals surface area contributed by atoms with E-state index in [1.165, 1.54) is 0 Å². The normalized spacial score (nSPS) is 20.0. The minimum Gasteiger partial charge on any atom is -0.478 e. The number of hydrogen-bond acceptors (Lipinski definition) is 3. The lowest BCUT2D eigenvalue weighted by Crippen LogP contribution is -2.22. The highest BCUT2D eigenvalue weighted by Gasteiger charge is 2.26. The zero-order valence-corrected chi connectivity index (χ0v) is 12.4. The number of rotatable bonds is 4. The van der Waals surface area contributed by atoms with Gasteiger partial charge in [-0.05, 0) is 38.0 Å². The van der Waals surface area contributed by atoms with Gasteiger partial charge >= 0.3 is 5.97 Å². The van der Waals surface area contributed by atoms with Gasteiger partial charge in [-0.2, -0.15) is 0 Å². The van der Waals surface area contributed by atoms with E-state index in [1.54, 1.807) is 12.1 Å². The molecule has 2 unspecified atom stereocenters. The van der Waals surface area contributed by atoms with Crippen molar-refractivity contribution in [1.29, 1.82) is 0 Å². The average Bonchev–Trinajstić information content (AvgIpc) is 3.12. The van der Waals surface area contributed by atoms with Crippen molar-refractivity contribution in [2.24, 2.45) is 0 Å². The van der Waals surface area contributed by atoms with Gasteiger partial charge in [0.25, 0.3) is 0 Å². The summed E-state index contributed by atoms with van der Waals surface area (Å²) in [6.45, 7) is 5.05. The number of fused-ring (bicyclic) bond motifs is 1. The lowest BCUT2D eigenvalue weighted by molar-refractivity contribution is 0.0696. The van der Waals surface area contributed by atoms with Crippen molar-refractivity contribution in [3.05, 3.63) is 29.6 Å². The Morgan fingerprint density at radius 3 is 3.00 bits per heavy atom. The smallest absolute Gasteiger partial charge is 0.335 e. The van der Waals surface area contributed by atoms with Crippen LogP contribution < -0.4 is 0 Å². The zero-order chi connectivity index (χ0) is 15.0. The van der Waals surface area contributed by atoms with E-state index in [2.05, 4.69) is 23.4 Å². The first-order valence-electron chi connectivity index (χ1n) is 7.47. The third-order valence-corrected chi connectivity index (χ3v) is 4.24. The van der Waals surface area contributed by atoms with Crippen LogP contribution in [0.25, 0.3) is 11.0 Å². The van der Waals surface area contributed by atoms with E-state index in [9.17, 15) is 4.79 Å². The van der Waals surface area contributed by atoms with E-state index < -0.39 is 5.97 Å². The van der Waals surface area contributed by atoms with Gasteiger partial charge in [-0.25, -0.2) is 9.78 Å². The van der Waals surface area contributed by atoms with Crippen molar-refractivity contribution in [2.45, 2.75) is 45.3 Å². The number of aryl methyl sites for hydroxylation is 1. The van der Waals surface area contributed by atoms with Crippen molar-refractivity contribution in [2.75, 3.05) is 6.61 Å². The monoisotopic (exact) mass is 288 g/mol. The van der Waals surface area contributed by atoms with E-state index in [1.807, 2.05) is 6.07 Å². The van der Waals surface area contributed by atoms with Crippen LogP contribution in [0.15, 0.2) is 18.2 Å². The quantitative estimate of drug-likeness (QED) is 0.939. The summed E-state index contributed by atoms with van der Waals surface area (Å²) in [4.78, 5) is 15.7. The Bertz CT molecular complexity index is 671. The number of aromatic carboxylic acids is 1. The summed E-state index contributed by atoms with van der Waals surface area (Å²) in [6, 6.07) is 5.36. The Kier molecular flexibility index (Phi) is 3.68. The molecule has 1 aromatic heterocycles. The van der Waals surface area contributed by atoms with Crippen LogP contribution in [0.2, 0.25) is 0 Å². The summed E-state index contributed by atoms with van der Waals surface area (Å²) in [5.41, 5.74) is 2.01. The van der Waals surface area contributed by atoms with Gasteiger partial charge in [0.05, 0.1) is 28.7 Å². The third-order valence-electron chi connectivity index (χ3n) is 4.24. The molecule has 3 rings (SSSR count). The molecule has 1 N–H and O–H groups in total. The molecule has 2 aromatic rings. The van der Waals surface area contributed by atoms with Crippen LogP contribution in [0.4, 0.5) is 0 Å². The van der Waals surface area contributed by atoms with E-state index in [0.29, 0.717) is 0 Å². The van der Waals surface area contributed by atoms with Gasteiger partial charge < -0.3 is 14.4 Å². The molecular weight excluding hydrogens is 268 g/mol. The first-order valence-corrected chi connectivity index (χ1v) is 7.47. The van der Waals surface area contributed by atoms with Gasteiger partial charge in [-0.1, -0.05) is 6.92 Å². The molecule has 1 saturated heterocycles. The third kappa shape index (κ3) is 2.42. The van der Waals surface area contributed by atoms with Gasteiger partial charge in [0.1, 0.15) is 5.82 Å². The Morgan fingerprint density at radius 1 is 1.57 bits per heavy atom. The lowest BCUT2D eigenvalue weighted by Gasteiger charge is -2.22. The number of imidazole rings is 1. The number of aromatic nitrogens is 2. The maximum Gasteiger partial charge on any atom is 0.335 e. The van der Waals surface area contributed by atoms with Gasteiger partial charge in [0.2, 0.25) is 0 Å². The number of nitrogens with zero attached hydrogens (tertiary/aromatic N) is 2. The number of carboxylic acids is 1. The zero-order valence-electron chi connectivity index (χ0n) is 12.4. The fourth-order valence-electron chi connectivity index (χ4n) is 3.13. The molecule has 1 aliphatic rings. The van der Waals surface area contributed by atoms with E-state index in [-0.39, 0.29) is 17.7 Å². The van der Waals surface area contributed by atoms with Crippen LogP contribution in [0, 0.1) is 0 Å². The van der Waals surface area contributed by atoms with Crippen molar-refractivity contribution in [1.82, 2.24) is 9.55 Å². The second-order valence-electron chi connectivity index (χ2n) is 5.55. The lowest BCUT2D eigenvalue weighted by atomic mass is 10.1. The minimum absolute atomic E-state index is 0.211. The van der Waals surface area contributed by atoms with E-state index in [4.69, 9.17) is 9.84 Å². The molecule has 0 aliphatic carbocycles. The Labute approximate surface area is 123 Å². The number of hydrogen-bond donors (Lipinski definition) is 1. The van der Waals surface area contributed by atoms with E-state index in [0.717, 1.165) is 42.7 Å². The standard InChI is InChI=1S/C16H20N2O3/c1-3-15-17-12-9-11(16(19)20)6-7-13(12)18(15)10(2)14-5-4-8-21-14/h6-7,9-10,14H,3-5,8H2,1-2H3,(H,19,20). The molecular formula is C16H20N2O3. The first kappa shape index (κ1) is 14.1. The Balaban J connectivity index is 2.09. The topological polar surface area (TPSA) is 64.3 Å². The summed E-state index contributed by atoms with van der Waals surface area (Å²) in [5, 5.41) is 9.10. The van der Waals surface area contributed by atoms with Crippen LogP contribution in [0.5, 0.6) is 0 Å². The summed E-state index contributed by atoms with van der Waals surface area (Å²) >= 11 is 0. The van der Waals surface area contributed by atoms with Crippen molar-refractivity contribution >= 4 is 17.0 Å². The van der Waals surface area contributed by atoms with Crippen LogP contribution >= 0.6 is 0 Å². The second kappa shape index (κ2) is 5.48. The van der Waals surface area contributed by atoms with Crippen LogP contribution in [0.1, 0.15) is 48.9 Å². The molecule has 21 heavy (non-hydrogen) atoms. The molecule has 0 radical (unpaired) electrons. The predicted molar refractivity (Wildman–Crippen MR) is 79.8 cm³/mol. The SMILES string of the molecule is CCc1nc2cc(C(=O)O)ccc2n1C(C)C1CCCO1. The average molecular weight is 288 g/mol. The summed E-state index contributed by atoms with van der Waals surface area (Å²) in [7, 11) is 0. The van der Waals surface area contributed by atoms with Gasteiger partial charge in [-0.15, -0.1) is 0 Å². The fourth-order valence-corrected chi connectivity index (χ4v) is 3.13. The molecule has 1 aliphatic heterocycles. The van der Waals surface area contributed by atoms with E-state index >= 15 is 0 Å². The predicted octanol–water partition coefficient (Wildman–Crippen LogP) is 3.04. The molecule has 1 fully saturated rings. The van der Waals surface area contributed by atoms with Crippen LogP contribution in [0.3, 0.4) is 0 Å². The number of ether oxygens (including phenoxy) is 1. The highest BCUT2D eigenvalue weighted by molar-refractivity contribution is 5.92. The molecule has 2 atom stereocenters. The Hall–Kier alpha value is -1.88. The highest BCUT2D eigenvalue weighted by atomic mass is 16.5. The van der Waals surface area contributed by atoms with Gasteiger partial charge in [-0.3, -0.25) is 0 Å². The molecule has 5 heteroatoms. The molecule has 0 bridgehead atoms. The maximum absolute atomic E-state index is 11.1. The van der Waals surface area contributed by atoms with Crippen molar-refractivity contribution in [3.8, 4) is 0 Å². The van der Waals surface area contributed by atoms with Crippen LogP contribution in [-0.2, 0) is 11.2 Å². The molecule has 5 nitrogen and oxygen atoms in total. The van der Waals surface area contributed by atoms with Crippen LogP contribution in [-0.4, -0.2) is 33.3 Å². The molecule has 112 valence electrons. The first-order chi connectivity index (χ1) is 10.1. The highest BCUT2D eigenvalue weighted by Crippen LogP contribution is 2.29. The molecule has 0 saturated carbocycles. The number of carboxylic acid groups (broad SMARTS) is 1. The van der Waals surface area contributed by atoms with Crippen molar-refractivity contribution < 1.29 is 14.6 Å². The maximum atomic E-state index is 11.1. The fraction of sp³-hybridized carbons (Fsp3) is 0.500. The molecule has 2 heterocycles. The summed E-state index contributed by atoms with van der Waals surface area (Å²) < 4.78 is 8.01. The molecule has 1 aromatic carbocycles. The summed E-state index contributed by atoms with van der Waals surface area (Å²) in [5.74, 6) is 0.0622. The minimum atomic E-state index is -0.920. The van der Waals surface area contributed by atoms with Crippen molar-refractivity contribution in [3.63, 3.8) is 0 Å². The molecule has 0 amide bonds. The number of benzene rings is 1. The molecule has 0 spiro atoms. The van der Waals surface area contributed by atoms with Gasteiger partial charge in [0.15, 0.2) is 0 Å². The number of carbonyl (C=O) groups is 1. The summed E-state index contributed by atoms with van der Waals surface area (Å²) in [6.07, 6.45) is 3.20. The largest absolute Gasteiger partial charge is 0.478 e. The second-order valence-corrected chi connectivity index (χ2v) is 5.55. The van der Waals surface area contributed by atoms with Gasteiger partial charge in [0, 0.05) is 13.0 Å². The Morgan fingerprint density at radius 2 is 2.38 bits per heavy atom.